The number of carbonyl (C=O) groups excluding carboxylic acids is 1. The highest BCUT2D eigenvalue weighted by atomic mass is 16.3. The summed E-state index contributed by atoms with van der Waals surface area (Å²) in [5, 5.41) is 12.6. The molecule has 6 heteroatoms. The standard InChI is InChI=1S/C18H22N4O2/c1-13-3-2-4-14(7-13)9-22-10-15(12-23)17(11-22)21-18(24)16-8-19-5-6-20-16/h2-8,15,17,23H,9-12H2,1H3,(H,21,24)/t15-,17+/m0/s1. The Morgan fingerprint density at radius 3 is 2.96 bits per heavy atom. The van der Waals surface area contributed by atoms with Crippen molar-refractivity contribution in [3.63, 3.8) is 0 Å². The number of hydrogen-bond acceptors (Lipinski definition) is 5. The SMILES string of the molecule is Cc1cccc(CN2C[C@@H](CO)[C@H](NC(=O)c3cnccn3)C2)c1. The van der Waals surface area contributed by atoms with Gasteiger partial charge in [-0.2, -0.15) is 0 Å². The summed E-state index contributed by atoms with van der Waals surface area (Å²) in [6.45, 7) is 4.42. The number of nitrogens with one attached hydrogen (secondary N) is 1. The van der Waals surface area contributed by atoms with Crippen LogP contribution in [0, 0.1) is 12.8 Å². The highest BCUT2D eigenvalue weighted by Gasteiger charge is 2.33. The zero-order valence-corrected chi connectivity index (χ0v) is 13.7. The maximum absolute atomic E-state index is 12.3. The van der Waals surface area contributed by atoms with Crippen molar-refractivity contribution < 1.29 is 9.90 Å². The first kappa shape index (κ1) is 16.5. The Morgan fingerprint density at radius 1 is 1.38 bits per heavy atom. The molecule has 2 N–H and O–H groups in total. The molecule has 0 spiro atoms. The number of amides is 1. The van der Waals surface area contributed by atoms with Gasteiger partial charge < -0.3 is 10.4 Å². The zero-order chi connectivity index (χ0) is 16.9. The van der Waals surface area contributed by atoms with Crippen molar-refractivity contribution in [1.82, 2.24) is 20.2 Å². The summed E-state index contributed by atoms with van der Waals surface area (Å²) in [7, 11) is 0. The number of hydrogen-bond donors (Lipinski definition) is 2. The number of aryl methyl sites for hydroxylation is 1. The number of likely N-dealkylation sites (tertiary alicyclic amines) is 1. The van der Waals surface area contributed by atoms with E-state index in [0.717, 1.165) is 13.1 Å². The molecule has 24 heavy (non-hydrogen) atoms. The van der Waals surface area contributed by atoms with Crippen LogP contribution < -0.4 is 5.32 Å². The first-order valence-electron chi connectivity index (χ1n) is 8.11. The van der Waals surface area contributed by atoms with Gasteiger partial charge in [-0.15, -0.1) is 0 Å². The second-order valence-corrected chi connectivity index (χ2v) is 6.30. The number of aliphatic hydroxyl groups excluding tert-OH is 1. The Hall–Kier alpha value is -2.31. The molecular formula is C18H22N4O2. The van der Waals surface area contributed by atoms with Gasteiger partial charge in [0.1, 0.15) is 5.69 Å². The summed E-state index contributed by atoms with van der Waals surface area (Å²) in [6.07, 6.45) is 4.48. The van der Waals surface area contributed by atoms with Gasteiger partial charge in [0.05, 0.1) is 6.20 Å². The quantitative estimate of drug-likeness (QED) is 0.857. The van der Waals surface area contributed by atoms with Gasteiger partial charge in [0.2, 0.25) is 0 Å². The molecule has 1 aromatic heterocycles. The maximum atomic E-state index is 12.3. The van der Waals surface area contributed by atoms with Crippen molar-refractivity contribution in [2.75, 3.05) is 19.7 Å². The monoisotopic (exact) mass is 326 g/mol. The van der Waals surface area contributed by atoms with Gasteiger partial charge in [-0.05, 0) is 12.5 Å². The molecule has 1 aliphatic heterocycles. The molecule has 1 fully saturated rings. The minimum absolute atomic E-state index is 0.0235. The smallest absolute Gasteiger partial charge is 0.271 e. The normalized spacial score (nSPS) is 20.9. The highest BCUT2D eigenvalue weighted by Crippen LogP contribution is 2.20. The molecule has 2 atom stereocenters. The van der Waals surface area contributed by atoms with E-state index in [1.165, 1.54) is 29.7 Å². The molecule has 0 saturated carbocycles. The number of aromatic nitrogens is 2. The summed E-state index contributed by atoms with van der Waals surface area (Å²) in [5.41, 5.74) is 2.77. The fraction of sp³-hybridized carbons (Fsp3) is 0.389. The predicted octanol–water partition coefficient (Wildman–Crippen LogP) is 1.01. The predicted molar refractivity (Wildman–Crippen MR) is 90.3 cm³/mol. The van der Waals surface area contributed by atoms with Crippen LogP contribution in [0.25, 0.3) is 0 Å². The lowest BCUT2D eigenvalue weighted by Gasteiger charge is -2.17. The summed E-state index contributed by atoms with van der Waals surface area (Å²) in [6, 6.07) is 8.31. The van der Waals surface area contributed by atoms with Gasteiger partial charge in [0.15, 0.2) is 0 Å². The van der Waals surface area contributed by atoms with E-state index >= 15 is 0 Å². The van der Waals surface area contributed by atoms with Crippen LogP contribution in [0.3, 0.4) is 0 Å². The van der Waals surface area contributed by atoms with Gasteiger partial charge in [-0.25, -0.2) is 4.98 Å². The molecule has 0 bridgehead atoms. The Labute approximate surface area is 141 Å². The average Bonchev–Trinajstić information content (AvgIpc) is 2.97. The van der Waals surface area contributed by atoms with E-state index in [1.807, 2.05) is 0 Å². The second kappa shape index (κ2) is 7.51. The van der Waals surface area contributed by atoms with Crippen LogP contribution in [-0.2, 0) is 6.54 Å². The van der Waals surface area contributed by atoms with Crippen LogP contribution >= 0.6 is 0 Å². The zero-order valence-electron chi connectivity index (χ0n) is 13.7. The molecular weight excluding hydrogens is 304 g/mol. The molecule has 1 amide bonds. The lowest BCUT2D eigenvalue weighted by molar-refractivity contribution is 0.0915. The van der Waals surface area contributed by atoms with Crippen LogP contribution in [0.1, 0.15) is 21.6 Å². The molecule has 3 rings (SSSR count). The Morgan fingerprint density at radius 2 is 2.25 bits per heavy atom. The first-order valence-corrected chi connectivity index (χ1v) is 8.11. The molecule has 1 aromatic carbocycles. The number of benzene rings is 1. The fourth-order valence-electron chi connectivity index (χ4n) is 3.17. The summed E-state index contributed by atoms with van der Waals surface area (Å²) >= 11 is 0. The van der Waals surface area contributed by atoms with Crippen LogP contribution in [0.15, 0.2) is 42.9 Å². The molecule has 1 saturated heterocycles. The van der Waals surface area contributed by atoms with E-state index in [2.05, 4.69) is 51.4 Å². The molecule has 2 aromatic rings. The van der Waals surface area contributed by atoms with Gasteiger partial charge in [-0.1, -0.05) is 29.8 Å². The summed E-state index contributed by atoms with van der Waals surface area (Å²) in [4.78, 5) is 22.5. The topological polar surface area (TPSA) is 78.4 Å². The molecule has 0 aliphatic carbocycles. The van der Waals surface area contributed by atoms with Gasteiger partial charge in [-0.3, -0.25) is 14.7 Å². The third-order valence-electron chi connectivity index (χ3n) is 4.35. The third-order valence-corrected chi connectivity index (χ3v) is 4.35. The van der Waals surface area contributed by atoms with E-state index in [1.54, 1.807) is 0 Å². The van der Waals surface area contributed by atoms with Gasteiger partial charge in [0.25, 0.3) is 5.91 Å². The number of nitrogens with zero attached hydrogens (tertiary/aromatic N) is 3. The molecule has 0 radical (unpaired) electrons. The van der Waals surface area contributed by atoms with Gasteiger partial charge in [0, 0.05) is 50.6 Å². The minimum atomic E-state index is -0.246. The number of carbonyl (C=O) groups is 1. The largest absolute Gasteiger partial charge is 0.396 e. The van der Waals surface area contributed by atoms with Crippen molar-refractivity contribution >= 4 is 5.91 Å². The fourth-order valence-corrected chi connectivity index (χ4v) is 3.17. The highest BCUT2D eigenvalue weighted by molar-refractivity contribution is 5.92. The van der Waals surface area contributed by atoms with Crippen molar-refractivity contribution in [2.24, 2.45) is 5.92 Å². The second-order valence-electron chi connectivity index (χ2n) is 6.30. The Kier molecular flexibility index (Phi) is 5.17. The lowest BCUT2D eigenvalue weighted by Crippen LogP contribution is -2.41. The molecule has 1 aliphatic rings. The molecule has 6 nitrogen and oxygen atoms in total. The van der Waals surface area contributed by atoms with Crippen LogP contribution in [-0.4, -0.2) is 51.6 Å². The summed E-state index contributed by atoms with van der Waals surface area (Å²) < 4.78 is 0. The van der Waals surface area contributed by atoms with Crippen LogP contribution in [0.2, 0.25) is 0 Å². The van der Waals surface area contributed by atoms with E-state index in [9.17, 15) is 9.90 Å². The average molecular weight is 326 g/mol. The van der Waals surface area contributed by atoms with E-state index in [-0.39, 0.29) is 24.5 Å². The van der Waals surface area contributed by atoms with Crippen molar-refractivity contribution in [3.8, 4) is 0 Å². The molecule has 0 unspecified atom stereocenters. The van der Waals surface area contributed by atoms with E-state index in [4.69, 9.17) is 0 Å². The summed E-state index contributed by atoms with van der Waals surface area (Å²) in [5.74, 6) is -0.223. The van der Waals surface area contributed by atoms with Crippen molar-refractivity contribution in [2.45, 2.75) is 19.5 Å². The van der Waals surface area contributed by atoms with E-state index in [0.29, 0.717) is 12.2 Å². The lowest BCUT2D eigenvalue weighted by atomic mass is 10.1. The first-order chi connectivity index (χ1) is 11.7. The van der Waals surface area contributed by atoms with Crippen LogP contribution in [0.5, 0.6) is 0 Å². The van der Waals surface area contributed by atoms with Gasteiger partial charge >= 0.3 is 0 Å². The van der Waals surface area contributed by atoms with Crippen molar-refractivity contribution in [3.05, 3.63) is 59.7 Å². The number of rotatable bonds is 5. The van der Waals surface area contributed by atoms with Crippen molar-refractivity contribution in [1.29, 1.82) is 0 Å². The van der Waals surface area contributed by atoms with Crippen LogP contribution in [0.4, 0.5) is 0 Å². The Bertz CT molecular complexity index is 692. The minimum Gasteiger partial charge on any atom is -0.396 e. The third kappa shape index (κ3) is 3.96. The Balaban J connectivity index is 1.63. The van der Waals surface area contributed by atoms with E-state index < -0.39 is 0 Å². The molecule has 2 heterocycles. The number of aliphatic hydroxyl groups is 1. The maximum Gasteiger partial charge on any atom is 0.271 e. The molecule has 126 valence electrons.